The molecule has 0 aromatic carbocycles. The van der Waals surface area contributed by atoms with Crippen molar-refractivity contribution in [2.45, 2.75) is 6.92 Å². The Morgan fingerprint density at radius 3 is 2.89 bits per heavy atom. The van der Waals surface area contributed by atoms with E-state index in [9.17, 15) is 14.9 Å². The number of pyridine rings is 1. The number of nitrogens with zero attached hydrogens (tertiary/aromatic N) is 3. The van der Waals surface area contributed by atoms with E-state index in [1.165, 1.54) is 17.2 Å². The number of hydrogen-bond acceptors (Lipinski definition) is 5. The molecule has 0 atom stereocenters. The number of likely N-dealkylation sites (N-methyl/N-ethyl adjacent to an activating group) is 1. The van der Waals surface area contributed by atoms with Crippen LogP contribution in [0.25, 0.3) is 0 Å². The van der Waals surface area contributed by atoms with Crippen molar-refractivity contribution in [2.75, 3.05) is 25.5 Å². The number of amides is 1. The summed E-state index contributed by atoms with van der Waals surface area (Å²) >= 11 is 5.63. The maximum absolute atomic E-state index is 11.5. The van der Waals surface area contributed by atoms with E-state index in [4.69, 9.17) is 11.6 Å². The van der Waals surface area contributed by atoms with E-state index in [-0.39, 0.29) is 29.0 Å². The van der Waals surface area contributed by atoms with E-state index < -0.39 is 4.92 Å². The molecule has 1 N–H and O–H groups in total. The first-order valence-electron chi connectivity index (χ1n) is 5.23. The molecule has 0 aliphatic heterocycles. The van der Waals surface area contributed by atoms with Crippen LogP contribution in [0.2, 0.25) is 5.02 Å². The molecule has 0 aliphatic carbocycles. The fourth-order valence-corrected chi connectivity index (χ4v) is 1.33. The fourth-order valence-electron chi connectivity index (χ4n) is 1.17. The SMILES string of the molecule is CCN(C)C(=O)CNc1ncc(Cl)cc1[N+](=O)[O-]. The monoisotopic (exact) mass is 272 g/mol. The minimum absolute atomic E-state index is 0.0299. The van der Waals surface area contributed by atoms with Gasteiger partial charge in [0.25, 0.3) is 0 Å². The third-order valence-electron chi connectivity index (χ3n) is 2.34. The van der Waals surface area contributed by atoms with Crippen molar-refractivity contribution in [2.24, 2.45) is 0 Å². The molecule has 0 bridgehead atoms. The van der Waals surface area contributed by atoms with Crippen LogP contribution in [0.3, 0.4) is 0 Å². The molecule has 0 spiro atoms. The Labute approximate surface area is 109 Å². The summed E-state index contributed by atoms with van der Waals surface area (Å²) in [5.41, 5.74) is -0.255. The number of hydrogen-bond donors (Lipinski definition) is 1. The van der Waals surface area contributed by atoms with Crippen molar-refractivity contribution in [3.8, 4) is 0 Å². The van der Waals surface area contributed by atoms with Crippen LogP contribution in [0, 0.1) is 10.1 Å². The third-order valence-corrected chi connectivity index (χ3v) is 2.54. The quantitative estimate of drug-likeness (QED) is 0.649. The summed E-state index contributed by atoms with van der Waals surface area (Å²) in [5.74, 6) is -0.147. The number of rotatable bonds is 5. The zero-order chi connectivity index (χ0) is 13.7. The van der Waals surface area contributed by atoms with E-state index in [0.717, 1.165) is 0 Å². The number of halogens is 1. The smallest absolute Gasteiger partial charge is 0.312 e. The lowest BCUT2D eigenvalue weighted by atomic mass is 10.4. The van der Waals surface area contributed by atoms with Crippen molar-refractivity contribution in [3.05, 3.63) is 27.4 Å². The van der Waals surface area contributed by atoms with Gasteiger partial charge in [0, 0.05) is 25.9 Å². The van der Waals surface area contributed by atoms with E-state index in [2.05, 4.69) is 10.3 Å². The summed E-state index contributed by atoms with van der Waals surface area (Å²) in [6.07, 6.45) is 1.28. The summed E-state index contributed by atoms with van der Waals surface area (Å²) < 4.78 is 0. The molecule has 0 fully saturated rings. The summed E-state index contributed by atoms with van der Waals surface area (Å²) in [7, 11) is 1.65. The Morgan fingerprint density at radius 2 is 2.33 bits per heavy atom. The highest BCUT2D eigenvalue weighted by atomic mass is 35.5. The first-order valence-corrected chi connectivity index (χ1v) is 5.61. The zero-order valence-corrected chi connectivity index (χ0v) is 10.8. The first kappa shape index (κ1) is 14.2. The zero-order valence-electron chi connectivity index (χ0n) is 10.0. The first-order chi connectivity index (χ1) is 8.45. The molecule has 0 radical (unpaired) electrons. The van der Waals surface area contributed by atoms with Crippen molar-refractivity contribution in [1.82, 2.24) is 9.88 Å². The minimum atomic E-state index is -0.602. The molecule has 0 saturated carbocycles. The lowest BCUT2D eigenvalue weighted by Gasteiger charge is -2.14. The van der Waals surface area contributed by atoms with Crippen molar-refractivity contribution in [3.63, 3.8) is 0 Å². The maximum atomic E-state index is 11.5. The molecule has 1 heterocycles. The molecule has 0 saturated heterocycles. The van der Waals surface area contributed by atoms with Crippen molar-refractivity contribution >= 4 is 29.0 Å². The van der Waals surface area contributed by atoms with Gasteiger partial charge in [-0.1, -0.05) is 11.6 Å². The number of aromatic nitrogens is 1. The Kier molecular flexibility index (Phi) is 4.85. The van der Waals surface area contributed by atoms with Crippen molar-refractivity contribution in [1.29, 1.82) is 0 Å². The molecule has 18 heavy (non-hydrogen) atoms. The molecule has 0 aliphatic rings. The molecule has 1 aromatic rings. The Hall–Kier alpha value is -1.89. The molecular weight excluding hydrogens is 260 g/mol. The maximum Gasteiger partial charge on any atom is 0.312 e. The lowest BCUT2D eigenvalue weighted by molar-refractivity contribution is -0.384. The van der Waals surface area contributed by atoms with Crippen LogP contribution in [0.1, 0.15) is 6.92 Å². The molecule has 7 nitrogen and oxygen atoms in total. The van der Waals surface area contributed by atoms with Crippen molar-refractivity contribution < 1.29 is 9.72 Å². The Balaban J connectivity index is 2.79. The van der Waals surface area contributed by atoms with Gasteiger partial charge in [0.05, 0.1) is 16.5 Å². The molecular formula is C10H13ClN4O3. The second-order valence-corrected chi connectivity index (χ2v) is 3.98. The van der Waals surface area contributed by atoms with Crippen LogP contribution in [0.5, 0.6) is 0 Å². The van der Waals surface area contributed by atoms with Gasteiger partial charge in [0.2, 0.25) is 11.7 Å². The summed E-state index contributed by atoms with van der Waals surface area (Å²) in [6.45, 7) is 2.34. The summed E-state index contributed by atoms with van der Waals surface area (Å²) in [6, 6.07) is 1.19. The highest BCUT2D eigenvalue weighted by Gasteiger charge is 2.17. The number of carbonyl (C=O) groups excluding carboxylic acids is 1. The molecule has 1 aromatic heterocycles. The summed E-state index contributed by atoms with van der Waals surface area (Å²) in [4.78, 5) is 27.0. The Bertz CT molecular complexity index is 466. The largest absolute Gasteiger partial charge is 0.355 e. The van der Waals surface area contributed by atoms with E-state index in [0.29, 0.717) is 6.54 Å². The predicted molar refractivity (Wildman–Crippen MR) is 67.7 cm³/mol. The van der Waals surface area contributed by atoms with Crippen LogP contribution >= 0.6 is 11.6 Å². The average Bonchev–Trinajstić information content (AvgIpc) is 2.35. The van der Waals surface area contributed by atoms with Crippen LogP contribution in [0.4, 0.5) is 11.5 Å². The number of anilines is 1. The topological polar surface area (TPSA) is 88.4 Å². The second-order valence-electron chi connectivity index (χ2n) is 3.54. The van der Waals surface area contributed by atoms with E-state index in [1.807, 2.05) is 6.92 Å². The molecule has 0 unspecified atom stereocenters. The number of nitro groups is 1. The van der Waals surface area contributed by atoms with Gasteiger partial charge in [0.1, 0.15) is 0 Å². The van der Waals surface area contributed by atoms with Gasteiger partial charge in [-0.2, -0.15) is 0 Å². The van der Waals surface area contributed by atoms with E-state index in [1.54, 1.807) is 7.05 Å². The van der Waals surface area contributed by atoms with Gasteiger partial charge >= 0.3 is 5.69 Å². The highest BCUT2D eigenvalue weighted by Crippen LogP contribution is 2.24. The van der Waals surface area contributed by atoms with Crippen LogP contribution < -0.4 is 5.32 Å². The van der Waals surface area contributed by atoms with Crippen LogP contribution in [-0.2, 0) is 4.79 Å². The standard InChI is InChI=1S/C10H13ClN4O3/c1-3-14(2)9(16)6-13-10-8(15(17)18)4-7(11)5-12-10/h4-5H,3,6H2,1-2H3,(H,12,13). The molecule has 1 rings (SSSR count). The van der Waals surface area contributed by atoms with Gasteiger partial charge in [-0.15, -0.1) is 0 Å². The highest BCUT2D eigenvalue weighted by molar-refractivity contribution is 6.30. The second kappa shape index (κ2) is 6.15. The normalized spacial score (nSPS) is 9.94. The fraction of sp³-hybridized carbons (Fsp3) is 0.400. The van der Waals surface area contributed by atoms with E-state index >= 15 is 0 Å². The molecule has 8 heteroatoms. The minimum Gasteiger partial charge on any atom is -0.355 e. The van der Waals surface area contributed by atoms with Gasteiger partial charge in [0.15, 0.2) is 0 Å². The Morgan fingerprint density at radius 1 is 1.67 bits per heavy atom. The predicted octanol–water partition coefficient (Wildman–Crippen LogP) is 1.53. The van der Waals surface area contributed by atoms with Gasteiger partial charge in [-0.3, -0.25) is 14.9 Å². The van der Waals surface area contributed by atoms with Crippen LogP contribution in [0.15, 0.2) is 12.3 Å². The lowest BCUT2D eigenvalue weighted by Crippen LogP contribution is -2.32. The average molecular weight is 273 g/mol. The van der Waals surface area contributed by atoms with Gasteiger partial charge < -0.3 is 10.2 Å². The molecule has 1 amide bonds. The third kappa shape index (κ3) is 3.56. The number of nitrogens with one attached hydrogen (secondary N) is 1. The number of carbonyl (C=O) groups is 1. The van der Waals surface area contributed by atoms with Crippen LogP contribution in [-0.4, -0.2) is 40.9 Å². The van der Waals surface area contributed by atoms with Gasteiger partial charge in [-0.25, -0.2) is 4.98 Å². The molecule has 98 valence electrons. The summed E-state index contributed by atoms with van der Waals surface area (Å²) in [5, 5.41) is 13.6. The van der Waals surface area contributed by atoms with Gasteiger partial charge in [-0.05, 0) is 6.92 Å².